The average Bonchev–Trinajstić information content (AvgIpc) is 2.52. The number of benzene rings is 1. The fourth-order valence-electron chi connectivity index (χ4n) is 2.64. The largest absolute Gasteiger partial charge is 0.573 e. The minimum absolute atomic E-state index is 0.0371. The Kier molecular flexibility index (Phi) is 6.10. The van der Waals surface area contributed by atoms with Crippen molar-refractivity contribution in [3.63, 3.8) is 0 Å². The molecular formula is C17H22F3NO3. The molecule has 1 amide bonds. The first-order chi connectivity index (χ1) is 11.2. The summed E-state index contributed by atoms with van der Waals surface area (Å²) in [6, 6.07) is 5.62. The van der Waals surface area contributed by atoms with Gasteiger partial charge in [-0.3, -0.25) is 4.79 Å². The molecule has 24 heavy (non-hydrogen) atoms. The summed E-state index contributed by atoms with van der Waals surface area (Å²) in [5.74, 6) is -0.167. The van der Waals surface area contributed by atoms with E-state index in [9.17, 15) is 18.0 Å². The molecule has 7 heteroatoms. The van der Waals surface area contributed by atoms with Crippen molar-refractivity contribution < 1.29 is 27.4 Å². The van der Waals surface area contributed by atoms with E-state index in [-0.39, 0.29) is 23.7 Å². The molecule has 1 aromatic rings. The van der Waals surface area contributed by atoms with Gasteiger partial charge in [-0.1, -0.05) is 26.0 Å². The number of piperidine rings is 1. The molecule has 1 aliphatic heterocycles. The summed E-state index contributed by atoms with van der Waals surface area (Å²) < 4.78 is 46.0. The van der Waals surface area contributed by atoms with Gasteiger partial charge < -0.3 is 14.4 Å². The van der Waals surface area contributed by atoms with Crippen LogP contribution in [0.5, 0.6) is 5.75 Å². The Hall–Kier alpha value is -1.76. The maximum Gasteiger partial charge on any atom is 0.573 e. The van der Waals surface area contributed by atoms with Crippen LogP contribution in [0.4, 0.5) is 13.2 Å². The summed E-state index contributed by atoms with van der Waals surface area (Å²) in [6.07, 6.45) is -2.97. The maximum absolute atomic E-state index is 12.1. The van der Waals surface area contributed by atoms with Gasteiger partial charge in [-0.15, -0.1) is 13.2 Å². The van der Waals surface area contributed by atoms with Crippen LogP contribution in [0.2, 0.25) is 0 Å². The van der Waals surface area contributed by atoms with Gasteiger partial charge in [0.1, 0.15) is 5.75 Å². The van der Waals surface area contributed by atoms with Crippen LogP contribution in [0.25, 0.3) is 0 Å². The highest BCUT2D eigenvalue weighted by atomic mass is 19.4. The molecule has 1 unspecified atom stereocenters. The predicted molar refractivity (Wildman–Crippen MR) is 82.4 cm³/mol. The lowest BCUT2D eigenvalue weighted by molar-refractivity contribution is -0.274. The lowest BCUT2D eigenvalue weighted by atomic mass is 10.1. The minimum Gasteiger partial charge on any atom is -0.406 e. The third kappa shape index (κ3) is 5.70. The van der Waals surface area contributed by atoms with Crippen molar-refractivity contribution in [3.8, 4) is 5.75 Å². The molecular weight excluding hydrogens is 323 g/mol. The molecule has 0 radical (unpaired) electrons. The number of likely N-dealkylation sites (tertiary alicyclic amines) is 1. The number of halogens is 3. The van der Waals surface area contributed by atoms with Crippen LogP contribution in [-0.2, 0) is 16.1 Å². The highest BCUT2D eigenvalue weighted by molar-refractivity contribution is 5.78. The molecule has 1 fully saturated rings. The number of carbonyl (C=O) groups is 1. The Bertz CT molecular complexity index is 543. The van der Waals surface area contributed by atoms with Crippen LogP contribution < -0.4 is 4.74 Å². The van der Waals surface area contributed by atoms with Gasteiger partial charge >= 0.3 is 6.36 Å². The van der Waals surface area contributed by atoms with Gasteiger partial charge in [0.15, 0.2) is 0 Å². The quantitative estimate of drug-likeness (QED) is 0.816. The van der Waals surface area contributed by atoms with Crippen LogP contribution in [0, 0.1) is 5.92 Å². The number of ether oxygens (including phenoxy) is 2. The molecule has 1 saturated heterocycles. The zero-order valence-corrected chi connectivity index (χ0v) is 13.8. The Morgan fingerprint density at radius 1 is 1.29 bits per heavy atom. The molecule has 0 saturated carbocycles. The number of amides is 1. The van der Waals surface area contributed by atoms with Gasteiger partial charge in [0, 0.05) is 19.0 Å². The molecule has 0 N–H and O–H groups in total. The van der Waals surface area contributed by atoms with E-state index in [0.717, 1.165) is 24.9 Å². The van der Waals surface area contributed by atoms with Crippen molar-refractivity contribution in [2.45, 2.75) is 45.8 Å². The topological polar surface area (TPSA) is 38.8 Å². The van der Waals surface area contributed by atoms with E-state index in [0.29, 0.717) is 13.2 Å². The second kappa shape index (κ2) is 7.88. The zero-order valence-electron chi connectivity index (χ0n) is 13.8. The number of rotatable bonds is 5. The molecule has 4 nitrogen and oxygen atoms in total. The Morgan fingerprint density at radius 3 is 2.54 bits per heavy atom. The fourth-order valence-corrected chi connectivity index (χ4v) is 2.64. The van der Waals surface area contributed by atoms with Crippen molar-refractivity contribution >= 4 is 5.91 Å². The molecule has 134 valence electrons. The van der Waals surface area contributed by atoms with Gasteiger partial charge in [0.2, 0.25) is 5.91 Å². The lowest BCUT2D eigenvalue weighted by Crippen LogP contribution is -2.44. The van der Waals surface area contributed by atoms with Crippen molar-refractivity contribution in [3.05, 3.63) is 29.8 Å². The van der Waals surface area contributed by atoms with Crippen molar-refractivity contribution in [1.29, 1.82) is 0 Å². The molecule has 2 rings (SSSR count). The molecule has 1 aliphatic rings. The van der Waals surface area contributed by atoms with Crippen LogP contribution in [0.1, 0.15) is 32.3 Å². The normalized spacial score (nSPS) is 18.8. The predicted octanol–water partition coefficient (Wildman–Crippen LogP) is 3.75. The summed E-state index contributed by atoms with van der Waals surface area (Å²) in [7, 11) is 0. The third-order valence-corrected chi connectivity index (χ3v) is 3.83. The fraction of sp³-hybridized carbons (Fsp3) is 0.588. The van der Waals surface area contributed by atoms with Gasteiger partial charge in [0.25, 0.3) is 0 Å². The number of hydrogen-bond donors (Lipinski definition) is 0. The number of nitrogens with zero attached hydrogens (tertiary/aromatic N) is 1. The van der Waals surface area contributed by atoms with E-state index in [1.807, 2.05) is 18.7 Å². The van der Waals surface area contributed by atoms with Crippen LogP contribution >= 0.6 is 0 Å². The van der Waals surface area contributed by atoms with Crippen molar-refractivity contribution in [2.24, 2.45) is 5.92 Å². The first kappa shape index (κ1) is 18.6. The first-order valence-electron chi connectivity index (χ1n) is 7.99. The van der Waals surface area contributed by atoms with Crippen LogP contribution in [-0.4, -0.2) is 36.4 Å². The highest BCUT2D eigenvalue weighted by Gasteiger charge is 2.31. The SMILES string of the molecule is CC(C)C(=O)N1CCCC(OCc2ccc(OC(F)(F)F)cc2)C1. The number of hydrogen-bond acceptors (Lipinski definition) is 3. The lowest BCUT2D eigenvalue weighted by Gasteiger charge is -2.33. The van der Waals surface area contributed by atoms with E-state index in [2.05, 4.69) is 4.74 Å². The smallest absolute Gasteiger partial charge is 0.406 e. The monoisotopic (exact) mass is 345 g/mol. The molecule has 1 atom stereocenters. The number of carbonyl (C=O) groups excluding carboxylic acids is 1. The Balaban J connectivity index is 1.83. The summed E-state index contributed by atoms with van der Waals surface area (Å²) in [5, 5.41) is 0. The summed E-state index contributed by atoms with van der Waals surface area (Å²) in [6.45, 7) is 5.35. The molecule has 1 heterocycles. The standard InChI is InChI=1S/C17H22F3NO3/c1-12(2)16(22)21-9-3-4-15(10-21)23-11-13-5-7-14(8-6-13)24-17(18,19)20/h5-8,12,15H,3-4,9-11H2,1-2H3. The van der Waals surface area contributed by atoms with E-state index < -0.39 is 6.36 Å². The van der Waals surface area contributed by atoms with E-state index >= 15 is 0 Å². The van der Waals surface area contributed by atoms with E-state index in [4.69, 9.17) is 4.74 Å². The van der Waals surface area contributed by atoms with Crippen molar-refractivity contribution in [1.82, 2.24) is 4.90 Å². The maximum atomic E-state index is 12.1. The average molecular weight is 345 g/mol. The van der Waals surface area contributed by atoms with Gasteiger partial charge in [-0.05, 0) is 30.5 Å². The van der Waals surface area contributed by atoms with Gasteiger partial charge in [0.05, 0.1) is 12.7 Å². The number of alkyl halides is 3. The van der Waals surface area contributed by atoms with Crippen molar-refractivity contribution in [2.75, 3.05) is 13.1 Å². The Morgan fingerprint density at radius 2 is 1.96 bits per heavy atom. The third-order valence-electron chi connectivity index (χ3n) is 3.83. The van der Waals surface area contributed by atoms with E-state index in [1.54, 1.807) is 12.1 Å². The highest BCUT2D eigenvalue weighted by Crippen LogP contribution is 2.23. The van der Waals surface area contributed by atoms with Crippen LogP contribution in [0.15, 0.2) is 24.3 Å². The van der Waals surface area contributed by atoms with Gasteiger partial charge in [-0.25, -0.2) is 0 Å². The summed E-state index contributed by atoms with van der Waals surface area (Å²) in [4.78, 5) is 13.9. The Labute approximate surface area is 139 Å². The molecule has 0 bridgehead atoms. The minimum atomic E-state index is -4.69. The zero-order chi connectivity index (χ0) is 17.7. The summed E-state index contributed by atoms with van der Waals surface area (Å²) in [5.41, 5.74) is 0.761. The van der Waals surface area contributed by atoms with E-state index in [1.165, 1.54) is 12.1 Å². The van der Waals surface area contributed by atoms with Crippen LogP contribution in [0.3, 0.4) is 0 Å². The molecule has 0 aromatic heterocycles. The summed E-state index contributed by atoms with van der Waals surface area (Å²) >= 11 is 0. The molecule has 1 aromatic carbocycles. The molecule has 0 spiro atoms. The second-order valence-electron chi connectivity index (χ2n) is 6.21. The van der Waals surface area contributed by atoms with Gasteiger partial charge in [-0.2, -0.15) is 0 Å². The first-order valence-corrected chi connectivity index (χ1v) is 7.99. The molecule has 0 aliphatic carbocycles. The second-order valence-corrected chi connectivity index (χ2v) is 6.21.